The molecule has 1 aromatic heterocycles. The number of pyridine rings is 1. The van der Waals surface area contributed by atoms with Crippen LogP contribution in [0.1, 0.15) is 30.1 Å². The molecule has 0 radical (unpaired) electrons. The maximum absolute atomic E-state index is 12.0. The Morgan fingerprint density at radius 2 is 2.45 bits per heavy atom. The van der Waals surface area contributed by atoms with E-state index in [4.69, 9.17) is 16.3 Å². The number of ether oxygens (including phenoxy) is 1. The summed E-state index contributed by atoms with van der Waals surface area (Å²) in [4.78, 5) is 25.7. The zero-order chi connectivity index (χ0) is 14.8. The predicted molar refractivity (Wildman–Crippen MR) is 71.8 cm³/mol. The number of rotatable bonds is 4. The summed E-state index contributed by atoms with van der Waals surface area (Å²) in [5.41, 5.74) is -0.679. The van der Waals surface area contributed by atoms with E-state index >= 15 is 0 Å². The van der Waals surface area contributed by atoms with E-state index in [1.165, 1.54) is 0 Å². The maximum Gasteiger partial charge on any atom is 0.288 e. The number of aromatic nitrogens is 1. The van der Waals surface area contributed by atoms with Crippen LogP contribution in [0.4, 0.5) is 5.69 Å². The Bertz CT molecular complexity index is 544. The fourth-order valence-corrected chi connectivity index (χ4v) is 2.22. The van der Waals surface area contributed by atoms with E-state index in [9.17, 15) is 14.9 Å². The molecule has 8 heteroatoms. The predicted octanol–water partition coefficient (Wildman–Crippen LogP) is 1.94. The van der Waals surface area contributed by atoms with Gasteiger partial charge in [-0.3, -0.25) is 14.9 Å². The van der Waals surface area contributed by atoms with E-state index in [1.807, 2.05) is 6.92 Å². The molecular formula is C12H14ClN3O4. The fourth-order valence-electron chi connectivity index (χ4n) is 2.03. The van der Waals surface area contributed by atoms with Crippen molar-refractivity contribution in [2.24, 2.45) is 0 Å². The number of nitrogens with one attached hydrogen (secondary N) is 1. The van der Waals surface area contributed by atoms with Crippen molar-refractivity contribution >= 4 is 23.2 Å². The smallest absolute Gasteiger partial charge is 0.288 e. The van der Waals surface area contributed by atoms with Gasteiger partial charge in [0.15, 0.2) is 0 Å². The highest BCUT2D eigenvalue weighted by Crippen LogP contribution is 2.24. The van der Waals surface area contributed by atoms with E-state index in [2.05, 4.69) is 10.3 Å². The molecule has 1 atom stereocenters. The molecule has 0 bridgehead atoms. The molecule has 1 fully saturated rings. The Morgan fingerprint density at radius 3 is 3.05 bits per heavy atom. The zero-order valence-corrected chi connectivity index (χ0v) is 11.6. The molecule has 1 amide bonds. The number of hydrogen-bond donors (Lipinski definition) is 1. The number of nitro groups is 1. The van der Waals surface area contributed by atoms with Gasteiger partial charge in [0.05, 0.1) is 16.1 Å². The average molecular weight is 300 g/mol. The van der Waals surface area contributed by atoms with E-state index < -0.39 is 16.4 Å². The summed E-state index contributed by atoms with van der Waals surface area (Å²) in [6, 6.07) is 1.11. The first-order valence-corrected chi connectivity index (χ1v) is 6.51. The highest BCUT2D eigenvalue weighted by molar-refractivity contribution is 6.32. The largest absolute Gasteiger partial charge is 0.373 e. The third-order valence-electron chi connectivity index (χ3n) is 3.20. The highest BCUT2D eigenvalue weighted by atomic mass is 35.5. The van der Waals surface area contributed by atoms with Crippen molar-refractivity contribution in [1.82, 2.24) is 10.3 Å². The maximum atomic E-state index is 12.0. The third kappa shape index (κ3) is 3.23. The summed E-state index contributed by atoms with van der Waals surface area (Å²) in [6.07, 6.45) is 2.82. The molecule has 7 nitrogen and oxygen atoms in total. The van der Waals surface area contributed by atoms with Crippen molar-refractivity contribution in [2.45, 2.75) is 25.4 Å². The Morgan fingerprint density at radius 1 is 1.70 bits per heavy atom. The second-order valence-corrected chi connectivity index (χ2v) is 5.23. The van der Waals surface area contributed by atoms with Crippen LogP contribution in [0.3, 0.4) is 0 Å². The van der Waals surface area contributed by atoms with Crippen LogP contribution >= 0.6 is 11.6 Å². The average Bonchev–Trinajstić information content (AvgIpc) is 2.84. The molecule has 108 valence electrons. The van der Waals surface area contributed by atoms with Gasteiger partial charge in [-0.15, -0.1) is 0 Å². The first-order valence-electron chi connectivity index (χ1n) is 6.13. The number of carbonyl (C=O) groups is 1. The number of hydrogen-bond acceptors (Lipinski definition) is 5. The fraction of sp³-hybridized carbons (Fsp3) is 0.500. The Labute approximate surface area is 120 Å². The zero-order valence-electron chi connectivity index (χ0n) is 10.9. The molecule has 0 aromatic carbocycles. The van der Waals surface area contributed by atoms with Gasteiger partial charge in [-0.05, 0) is 19.8 Å². The Hall–Kier alpha value is -1.73. The lowest BCUT2D eigenvalue weighted by atomic mass is 10.0. The molecule has 0 saturated carbocycles. The van der Waals surface area contributed by atoms with Crippen LogP contribution in [0.5, 0.6) is 0 Å². The minimum Gasteiger partial charge on any atom is -0.373 e. The number of nitrogens with zero attached hydrogens (tertiary/aromatic N) is 2. The van der Waals surface area contributed by atoms with Crippen molar-refractivity contribution < 1.29 is 14.5 Å². The SMILES string of the molecule is CC1(CNC(=O)c2cc([N+](=O)[O-])cnc2Cl)CCCO1. The van der Waals surface area contributed by atoms with Crippen LogP contribution < -0.4 is 5.32 Å². The Kier molecular flexibility index (Phi) is 4.20. The molecular weight excluding hydrogens is 286 g/mol. The molecule has 20 heavy (non-hydrogen) atoms. The number of carbonyl (C=O) groups excluding carboxylic acids is 1. The number of halogens is 1. The van der Waals surface area contributed by atoms with Crippen molar-refractivity contribution in [2.75, 3.05) is 13.2 Å². The summed E-state index contributed by atoms with van der Waals surface area (Å²) in [5, 5.41) is 13.3. The highest BCUT2D eigenvalue weighted by Gasteiger charge is 2.30. The molecule has 0 aliphatic carbocycles. The van der Waals surface area contributed by atoms with Crippen LogP contribution in [0.25, 0.3) is 0 Å². The standard InChI is InChI=1S/C12H14ClN3O4/c1-12(3-2-4-20-12)7-15-11(17)9-5-8(16(18)19)6-14-10(9)13/h5-6H,2-4,7H2,1H3,(H,15,17). The second kappa shape index (κ2) is 5.72. The van der Waals surface area contributed by atoms with Gasteiger partial charge >= 0.3 is 0 Å². The minimum absolute atomic E-state index is 0.0116. The summed E-state index contributed by atoms with van der Waals surface area (Å²) in [5.74, 6) is -0.497. The van der Waals surface area contributed by atoms with E-state index in [1.54, 1.807) is 0 Å². The van der Waals surface area contributed by atoms with Crippen LogP contribution in [-0.4, -0.2) is 34.6 Å². The van der Waals surface area contributed by atoms with Crippen molar-refractivity contribution in [3.05, 3.63) is 33.1 Å². The Balaban J connectivity index is 2.08. The van der Waals surface area contributed by atoms with Crippen LogP contribution in [-0.2, 0) is 4.74 Å². The quantitative estimate of drug-likeness (QED) is 0.521. The van der Waals surface area contributed by atoms with E-state index in [-0.39, 0.29) is 16.4 Å². The summed E-state index contributed by atoms with van der Waals surface area (Å²) < 4.78 is 5.55. The first-order chi connectivity index (χ1) is 9.41. The van der Waals surface area contributed by atoms with Gasteiger partial charge in [0, 0.05) is 19.2 Å². The summed E-state index contributed by atoms with van der Waals surface area (Å²) in [6.45, 7) is 2.91. The monoisotopic (exact) mass is 299 g/mol. The van der Waals surface area contributed by atoms with Gasteiger partial charge in [-0.25, -0.2) is 4.98 Å². The van der Waals surface area contributed by atoms with Crippen LogP contribution in [0.15, 0.2) is 12.3 Å². The molecule has 1 aliphatic heterocycles. The van der Waals surface area contributed by atoms with E-state index in [0.29, 0.717) is 13.2 Å². The lowest BCUT2D eigenvalue weighted by molar-refractivity contribution is -0.385. The van der Waals surface area contributed by atoms with Gasteiger partial charge in [-0.2, -0.15) is 0 Å². The minimum atomic E-state index is -0.624. The lowest BCUT2D eigenvalue weighted by Crippen LogP contribution is -2.40. The molecule has 1 saturated heterocycles. The van der Waals surface area contributed by atoms with Gasteiger partial charge in [-0.1, -0.05) is 11.6 Å². The molecule has 2 heterocycles. The van der Waals surface area contributed by atoms with Crippen molar-refractivity contribution in [3.8, 4) is 0 Å². The van der Waals surface area contributed by atoms with Crippen LogP contribution in [0, 0.1) is 10.1 Å². The summed E-state index contributed by atoms with van der Waals surface area (Å²) >= 11 is 5.80. The van der Waals surface area contributed by atoms with Crippen molar-refractivity contribution in [1.29, 1.82) is 0 Å². The molecule has 1 unspecified atom stereocenters. The molecule has 2 rings (SSSR count). The first kappa shape index (κ1) is 14.7. The molecule has 0 spiro atoms. The van der Waals surface area contributed by atoms with Crippen molar-refractivity contribution in [3.63, 3.8) is 0 Å². The van der Waals surface area contributed by atoms with Crippen LogP contribution in [0.2, 0.25) is 5.15 Å². The van der Waals surface area contributed by atoms with Gasteiger partial charge < -0.3 is 10.1 Å². The normalized spacial score (nSPS) is 21.7. The number of amides is 1. The molecule has 1 aliphatic rings. The lowest BCUT2D eigenvalue weighted by Gasteiger charge is -2.23. The topological polar surface area (TPSA) is 94.4 Å². The molecule has 1 aromatic rings. The van der Waals surface area contributed by atoms with Gasteiger partial charge in [0.1, 0.15) is 11.3 Å². The molecule has 1 N–H and O–H groups in total. The van der Waals surface area contributed by atoms with Gasteiger partial charge in [0.2, 0.25) is 0 Å². The van der Waals surface area contributed by atoms with Gasteiger partial charge in [0.25, 0.3) is 11.6 Å². The van der Waals surface area contributed by atoms with E-state index in [0.717, 1.165) is 25.1 Å². The summed E-state index contributed by atoms with van der Waals surface area (Å²) in [7, 11) is 0. The third-order valence-corrected chi connectivity index (χ3v) is 3.50. The second-order valence-electron chi connectivity index (χ2n) is 4.87.